The van der Waals surface area contributed by atoms with Crippen LogP contribution in [0.15, 0.2) is 74.4 Å². The first-order valence-electron chi connectivity index (χ1n) is 9.48. The molecule has 0 aliphatic rings. The van der Waals surface area contributed by atoms with Crippen molar-refractivity contribution in [3.63, 3.8) is 0 Å². The van der Waals surface area contributed by atoms with Crippen LogP contribution in [0.25, 0.3) is 10.8 Å². The molecule has 1 aromatic heterocycles. The Morgan fingerprint density at radius 3 is 2.62 bits per heavy atom. The highest BCUT2D eigenvalue weighted by atomic mass is 32.2. The van der Waals surface area contributed by atoms with Gasteiger partial charge in [0.05, 0.1) is 12.0 Å². The highest BCUT2D eigenvalue weighted by molar-refractivity contribution is 8.03. The predicted octanol–water partition coefficient (Wildman–Crippen LogP) is 4.64. The van der Waals surface area contributed by atoms with Gasteiger partial charge in [0, 0.05) is 5.75 Å². The zero-order valence-corrected chi connectivity index (χ0v) is 19.1. The van der Waals surface area contributed by atoms with Crippen molar-refractivity contribution in [3.8, 4) is 11.5 Å². The minimum Gasteiger partial charge on any atom is -0.504 e. The Morgan fingerprint density at radius 2 is 1.78 bits per heavy atom. The van der Waals surface area contributed by atoms with Gasteiger partial charge in [-0.2, -0.15) is 5.10 Å². The standard InChI is InChI=1S/C22H18N4O3S3/c27-18-9-8-14(10-19(18)28)11-23-24-20(29)13-31-22-26-25-21(32-22)30-12-16-6-3-5-15-4-1-2-7-17(15)16/h1-11,27-28H,12-13H2,(H,24,29)/b23-11-. The van der Waals surface area contributed by atoms with Gasteiger partial charge in [0.15, 0.2) is 20.2 Å². The molecule has 0 saturated carbocycles. The van der Waals surface area contributed by atoms with Crippen LogP contribution in [0.1, 0.15) is 11.1 Å². The number of hydrazone groups is 1. The molecule has 162 valence electrons. The number of amides is 1. The maximum Gasteiger partial charge on any atom is 0.250 e. The van der Waals surface area contributed by atoms with Crippen LogP contribution in [-0.4, -0.2) is 38.3 Å². The third kappa shape index (κ3) is 5.78. The van der Waals surface area contributed by atoms with E-state index in [2.05, 4.69) is 51.1 Å². The average Bonchev–Trinajstić information content (AvgIpc) is 3.26. The number of thioether (sulfide) groups is 2. The van der Waals surface area contributed by atoms with E-state index in [1.807, 2.05) is 12.1 Å². The number of hydrogen-bond acceptors (Lipinski definition) is 9. The SMILES string of the molecule is O=C(CSc1nnc(SCc2cccc3ccccc23)s1)N/N=C\c1ccc(O)c(O)c1. The molecule has 3 N–H and O–H groups in total. The second-order valence-electron chi connectivity index (χ2n) is 6.59. The minimum absolute atomic E-state index is 0.154. The number of rotatable bonds is 8. The first-order chi connectivity index (χ1) is 15.6. The Bertz CT molecular complexity index is 1270. The topological polar surface area (TPSA) is 108 Å². The summed E-state index contributed by atoms with van der Waals surface area (Å²) >= 11 is 4.38. The maximum absolute atomic E-state index is 12.0. The molecule has 0 saturated heterocycles. The number of phenolic OH excluding ortho intramolecular Hbond substituents is 2. The number of nitrogens with one attached hydrogen (secondary N) is 1. The van der Waals surface area contributed by atoms with Crippen LogP contribution in [0.3, 0.4) is 0 Å². The molecule has 3 aromatic carbocycles. The third-order valence-corrected chi connectivity index (χ3v) is 7.59. The number of aromatic nitrogens is 2. The van der Waals surface area contributed by atoms with Gasteiger partial charge in [0.1, 0.15) is 0 Å². The first-order valence-corrected chi connectivity index (χ1v) is 12.3. The number of nitrogens with zero attached hydrogens (tertiary/aromatic N) is 3. The molecule has 0 unspecified atom stereocenters. The van der Waals surface area contributed by atoms with E-state index in [0.29, 0.717) is 9.90 Å². The number of carbonyl (C=O) groups excluding carboxylic acids is 1. The molecule has 7 nitrogen and oxygen atoms in total. The zero-order chi connectivity index (χ0) is 22.3. The van der Waals surface area contributed by atoms with Crippen LogP contribution in [0.2, 0.25) is 0 Å². The monoisotopic (exact) mass is 482 g/mol. The van der Waals surface area contributed by atoms with Gasteiger partial charge in [-0.25, -0.2) is 5.43 Å². The van der Waals surface area contributed by atoms with Gasteiger partial charge in [0.25, 0.3) is 5.91 Å². The lowest BCUT2D eigenvalue weighted by Gasteiger charge is -2.04. The number of carbonyl (C=O) groups is 1. The van der Waals surface area contributed by atoms with E-state index in [0.717, 1.165) is 10.1 Å². The van der Waals surface area contributed by atoms with Gasteiger partial charge < -0.3 is 10.2 Å². The van der Waals surface area contributed by atoms with E-state index >= 15 is 0 Å². The van der Waals surface area contributed by atoms with Crippen molar-refractivity contribution >= 4 is 57.8 Å². The lowest BCUT2D eigenvalue weighted by atomic mass is 10.1. The van der Waals surface area contributed by atoms with E-state index in [9.17, 15) is 15.0 Å². The van der Waals surface area contributed by atoms with Gasteiger partial charge in [-0.1, -0.05) is 77.3 Å². The summed E-state index contributed by atoms with van der Waals surface area (Å²) < 4.78 is 1.57. The molecule has 0 aliphatic carbocycles. The highest BCUT2D eigenvalue weighted by Crippen LogP contribution is 2.32. The first kappa shape index (κ1) is 22.1. The van der Waals surface area contributed by atoms with E-state index in [1.54, 1.807) is 17.8 Å². The summed E-state index contributed by atoms with van der Waals surface area (Å²) in [6, 6.07) is 18.8. The summed E-state index contributed by atoms with van der Waals surface area (Å²) in [6.07, 6.45) is 1.38. The van der Waals surface area contributed by atoms with Crippen LogP contribution >= 0.6 is 34.9 Å². The number of hydrogen-bond donors (Lipinski definition) is 3. The van der Waals surface area contributed by atoms with Gasteiger partial charge in [-0.3, -0.25) is 4.79 Å². The second-order valence-corrected chi connectivity index (χ2v) is 10.0. The van der Waals surface area contributed by atoms with Gasteiger partial charge in [0.2, 0.25) is 0 Å². The van der Waals surface area contributed by atoms with Crippen molar-refractivity contribution in [2.75, 3.05) is 5.75 Å². The summed E-state index contributed by atoms with van der Waals surface area (Å²) in [5, 5.41) is 33.4. The van der Waals surface area contributed by atoms with Crippen LogP contribution in [-0.2, 0) is 10.5 Å². The van der Waals surface area contributed by atoms with E-state index in [-0.39, 0.29) is 23.2 Å². The van der Waals surface area contributed by atoms with Gasteiger partial charge in [-0.05, 0) is 40.1 Å². The maximum atomic E-state index is 12.0. The predicted molar refractivity (Wildman–Crippen MR) is 130 cm³/mol. The molecule has 1 amide bonds. The minimum atomic E-state index is -0.283. The van der Waals surface area contributed by atoms with Crippen LogP contribution < -0.4 is 5.43 Å². The second kappa shape index (κ2) is 10.5. The third-order valence-electron chi connectivity index (χ3n) is 4.35. The number of fused-ring (bicyclic) bond motifs is 1. The molecule has 1 heterocycles. The largest absolute Gasteiger partial charge is 0.504 e. The Morgan fingerprint density at radius 1 is 1.00 bits per heavy atom. The quantitative estimate of drug-likeness (QED) is 0.145. The van der Waals surface area contributed by atoms with Crippen molar-refractivity contribution in [2.24, 2.45) is 5.10 Å². The lowest BCUT2D eigenvalue weighted by Crippen LogP contribution is -2.19. The highest BCUT2D eigenvalue weighted by Gasteiger charge is 2.09. The molecule has 0 spiro atoms. The van der Waals surface area contributed by atoms with E-state index < -0.39 is 0 Å². The number of benzene rings is 3. The summed E-state index contributed by atoms with van der Waals surface area (Å²) in [4.78, 5) is 12.0. The molecule has 4 rings (SSSR count). The van der Waals surface area contributed by atoms with E-state index in [4.69, 9.17) is 0 Å². The number of phenols is 2. The molecule has 4 aromatic rings. The zero-order valence-electron chi connectivity index (χ0n) is 16.6. The molecule has 32 heavy (non-hydrogen) atoms. The molecular weight excluding hydrogens is 464 g/mol. The lowest BCUT2D eigenvalue weighted by molar-refractivity contribution is -0.118. The van der Waals surface area contributed by atoms with Crippen LogP contribution in [0.5, 0.6) is 11.5 Å². The van der Waals surface area contributed by atoms with Crippen molar-refractivity contribution < 1.29 is 15.0 Å². The summed E-state index contributed by atoms with van der Waals surface area (Å²) in [6.45, 7) is 0. The molecule has 0 radical (unpaired) electrons. The number of aromatic hydroxyl groups is 2. The summed E-state index contributed by atoms with van der Waals surface area (Å²) in [7, 11) is 0. The van der Waals surface area contributed by atoms with E-state index in [1.165, 1.54) is 57.8 Å². The van der Waals surface area contributed by atoms with Gasteiger partial charge >= 0.3 is 0 Å². The Kier molecular flexibility index (Phi) is 7.25. The molecule has 0 bridgehead atoms. The van der Waals surface area contributed by atoms with Crippen molar-refractivity contribution in [2.45, 2.75) is 14.4 Å². The van der Waals surface area contributed by atoms with Crippen LogP contribution in [0.4, 0.5) is 0 Å². The smallest absolute Gasteiger partial charge is 0.250 e. The average molecular weight is 483 g/mol. The molecular formula is C22H18N4O3S3. The normalized spacial score (nSPS) is 11.2. The molecule has 10 heteroatoms. The summed E-state index contributed by atoms with van der Waals surface area (Å²) in [5.41, 5.74) is 4.22. The Hall–Kier alpha value is -3.08. The molecule has 0 atom stereocenters. The van der Waals surface area contributed by atoms with Crippen molar-refractivity contribution in [1.29, 1.82) is 0 Å². The fourth-order valence-corrected chi connectivity index (χ4v) is 5.65. The van der Waals surface area contributed by atoms with Crippen molar-refractivity contribution in [3.05, 3.63) is 71.8 Å². The molecule has 0 aliphatic heterocycles. The Labute approximate surface area is 196 Å². The van der Waals surface area contributed by atoms with Crippen LogP contribution in [0, 0.1) is 0 Å². The summed E-state index contributed by atoms with van der Waals surface area (Å²) in [5.74, 6) is 0.202. The molecule has 0 fully saturated rings. The fraction of sp³-hybridized carbons (Fsp3) is 0.0909. The Balaban J connectivity index is 1.25. The fourth-order valence-electron chi connectivity index (χ4n) is 2.83. The van der Waals surface area contributed by atoms with Gasteiger partial charge in [-0.15, -0.1) is 10.2 Å². The van der Waals surface area contributed by atoms with Crippen molar-refractivity contribution in [1.82, 2.24) is 15.6 Å².